The second-order valence-corrected chi connectivity index (χ2v) is 3.59. The van der Waals surface area contributed by atoms with Gasteiger partial charge in [-0.25, -0.2) is 14.8 Å². The van der Waals surface area contributed by atoms with Gasteiger partial charge in [0.2, 0.25) is 0 Å². The largest absolute Gasteiger partial charge is 0.477 e. The summed E-state index contributed by atoms with van der Waals surface area (Å²) < 4.78 is 0. The van der Waals surface area contributed by atoms with Crippen LogP contribution < -0.4 is 0 Å². The zero-order valence-corrected chi connectivity index (χ0v) is 8.75. The number of carbonyl (C=O) groups is 1. The van der Waals surface area contributed by atoms with Crippen molar-refractivity contribution in [3.05, 3.63) is 34.1 Å². The van der Waals surface area contributed by atoms with E-state index in [-0.39, 0.29) is 15.9 Å². The standard InChI is InChI=1S/C9H4Cl2N2O2/c10-4-3-6(9(14)15)12-5-1-2-7(11)13-8(4)5/h1-3H,(H,14,15). The number of fused-ring (bicyclic) bond motifs is 1. The molecule has 2 heterocycles. The molecule has 76 valence electrons. The van der Waals surface area contributed by atoms with E-state index < -0.39 is 5.97 Å². The van der Waals surface area contributed by atoms with E-state index >= 15 is 0 Å². The number of pyridine rings is 2. The third-order valence-corrected chi connectivity index (χ3v) is 2.29. The van der Waals surface area contributed by atoms with Gasteiger partial charge in [-0.1, -0.05) is 23.2 Å². The zero-order chi connectivity index (χ0) is 11.0. The van der Waals surface area contributed by atoms with Crippen LogP contribution in [0.3, 0.4) is 0 Å². The van der Waals surface area contributed by atoms with Crippen LogP contribution in [-0.4, -0.2) is 21.0 Å². The number of aromatic nitrogens is 2. The maximum atomic E-state index is 10.7. The number of halogens is 2. The molecule has 0 atom stereocenters. The summed E-state index contributed by atoms with van der Waals surface area (Å²) in [7, 11) is 0. The van der Waals surface area contributed by atoms with Gasteiger partial charge in [0.05, 0.1) is 10.5 Å². The molecule has 4 nitrogen and oxygen atoms in total. The van der Waals surface area contributed by atoms with Crippen molar-refractivity contribution >= 4 is 40.2 Å². The molecule has 0 unspecified atom stereocenters. The SMILES string of the molecule is O=C(O)c1cc(Cl)c2nc(Cl)ccc2n1. The average molecular weight is 243 g/mol. The van der Waals surface area contributed by atoms with Crippen molar-refractivity contribution in [1.82, 2.24) is 9.97 Å². The number of nitrogens with zero attached hydrogens (tertiary/aromatic N) is 2. The first-order valence-electron chi connectivity index (χ1n) is 3.94. The lowest BCUT2D eigenvalue weighted by molar-refractivity contribution is 0.0691. The summed E-state index contributed by atoms with van der Waals surface area (Å²) in [5.74, 6) is -1.13. The molecule has 0 radical (unpaired) electrons. The number of hydrogen-bond donors (Lipinski definition) is 1. The monoisotopic (exact) mass is 242 g/mol. The van der Waals surface area contributed by atoms with Crippen LogP contribution in [-0.2, 0) is 0 Å². The molecule has 0 aromatic carbocycles. The number of aromatic carboxylic acids is 1. The molecule has 0 fully saturated rings. The molecule has 0 spiro atoms. The minimum Gasteiger partial charge on any atom is -0.477 e. The van der Waals surface area contributed by atoms with Crippen LogP contribution >= 0.6 is 23.2 Å². The van der Waals surface area contributed by atoms with Crippen LogP contribution in [0.2, 0.25) is 10.2 Å². The third-order valence-electron chi connectivity index (χ3n) is 1.79. The molecular weight excluding hydrogens is 239 g/mol. The molecule has 0 aliphatic heterocycles. The predicted octanol–water partition coefficient (Wildman–Crippen LogP) is 2.63. The van der Waals surface area contributed by atoms with Gasteiger partial charge in [0, 0.05) is 0 Å². The van der Waals surface area contributed by atoms with Gasteiger partial charge in [-0.2, -0.15) is 0 Å². The Hall–Kier alpha value is -1.39. The highest BCUT2D eigenvalue weighted by atomic mass is 35.5. The summed E-state index contributed by atoms with van der Waals surface area (Å²) in [4.78, 5) is 18.5. The lowest BCUT2D eigenvalue weighted by atomic mass is 10.3. The average Bonchev–Trinajstić information content (AvgIpc) is 2.18. The van der Waals surface area contributed by atoms with E-state index in [1.807, 2.05) is 0 Å². The van der Waals surface area contributed by atoms with Crippen LogP contribution in [0.25, 0.3) is 11.0 Å². The Bertz CT molecular complexity index is 557. The quantitative estimate of drug-likeness (QED) is 0.782. The molecule has 6 heteroatoms. The van der Waals surface area contributed by atoms with E-state index in [1.165, 1.54) is 12.1 Å². The van der Waals surface area contributed by atoms with Gasteiger partial charge >= 0.3 is 5.97 Å². The smallest absolute Gasteiger partial charge is 0.354 e. The van der Waals surface area contributed by atoms with Gasteiger partial charge in [0.1, 0.15) is 10.7 Å². The van der Waals surface area contributed by atoms with Crippen molar-refractivity contribution in [3.63, 3.8) is 0 Å². The fraction of sp³-hybridized carbons (Fsp3) is 0. The third kappa shape index (κ3) is 1.86. The molecule has 0 aliphatic carbocycles. The summed E-state index contributed by atoms with van der Waals surface area (Å²) in [5, 5.41) is 9.26. The van der Waals surface area contributed by atoms with E-state index in [4.69, 9.17) is 28.3 Å². The predicted molar refractivity (Wildman–Crippen MR) is 56.5 cm³/mol. The van der Waals surface area contributed by atoms with E-state index in [2.05, 4.69) is 9.97 Å². The Balaban J connectivity index is 2.78. The van der Waals surface area contributed by atoms with E-state index in [9.17, 15) is 4.79 Å². The second kappa shape index (κ2) is 3.64. The van der Waals surface area contributed by atoms with Crippen molar-refractivity contribution in [3.8, 4) is 0 Å². The Labute approximate surface area is 94.5 Å². The summed E-state index contributed by atoms with van der Waals surface area (Å²) in [6, 6.07) is 4.34. The van der Waals surface area contributed by atoms with Crippen molar-refractivity contribution in [2.24, 2.45) is 0 Å². The van der Waals surface area contributed by atoms with Gasteiger partial charge in [0.25, 0.3) is 0 Å². The Morgan fingerprint density at radius 3 is 2.67 bits per heavy atom. The van der Waals surface area contributed by atoms with Gasteiger partial charge in [-0.05, 0) is 18.2 Å². The van der Waals surface area contributed by atoms with Crippen LogP contribution in [0.4, 0.5) is 0 Å². The number of carboxylic acids is 1. The number of hydrogen-bond acceptors (Lipinski definition) is 3. The normalized spacial score (nSPS) is 10.5. The van der Waals surface area contributed by atoms with Crippen LogP contribution in [0.15, 0.2) is 18.2 Å². The first kappa shape index (κ1) is 10.1. The Morgan fingerprint density at radius 1 is 1.27 bits per heavy atom. The molecule has 0 aliphatic rings. The first-order chi connectivity index (χ1) is 7.08. The summed E-state index contributed by atoms with van der Waals surface area (Å²) in [6.45, 7) is 0. The molecule has 2 aromatic rings. The van der Waals surface area contributed by atoms with Crippen LogP contribution in [0.5, 0.6) is 0 Å². The highest BCUT2D eigenvalue weighted by Gasteiger charge is 2.10. The summed E-state index contributed by atoms with van der Waals surface area (Å²) in [5.41, 5.74) is 0.690. The van der Waals surface area contributed by atoms with Crippen molar-refractivity contribution in [2.45, 2.75) is 0 Å². The summed E-state index contributed by atoms with van der Waals surface area (Å²) >= 11 is 11.5. The maximum Gasteiger partial charge on any atom is 0.354 e. The molecule has 0 amide bonds. The van der Waals surface area contributed by atoms with E-state index in [0.717, 1.165) is 0 Å². The molecular formula is C9H4Cl2N2O2. The number of carboxylic acid groups (broad SMARTS) is 1. The molecule has 2 aromatic heterocycles. The first-order valence-corrected chi connectivity index (χ1v) is 4.69. The van der Waals surface area contributed by atoms with Crippen molar-refractivity contribution in [1.29, 1.82) is 0 Å². The maximum absolute atomic E-state index is 10.7. The molecule has 0 bridgehead atoms. The Kier molecular flexibility index (Phi) is 2.46. The lowest BCUT2D eigenvalue weighted by Crippen LogP contribution is -2.00. The fourth-order valence-corrected chi connectivity index (χ4v) is 1.54. The summed E-state index contributed by atoms with van der Waals surface area (Å²) in [6.07, 6.45) is 0. The molecule has 0 saturated carbocycles. The lowest BCUT2D eigenvalue weighted by Gasteiger charge is -2.01. The molecule has 15 heavy (non-hydrogen) atoms. The zero-order valence-electron chi connectivity index (χ0n) is 7.24. The van der Waals surface area contributed by atoms with Crippen molar-refractivity contribution < 1.29 is 9.90 Å². The molecule has 0 saturated heterocycles. The van der Waals surface area contributed by atoms with Gasteiger partial charge < -0.3 is 5.11 Å². The van der Waals surface area contributed by atoms with Gasteiger partial charge in [-0.3, -0.25) is 0 Å². The van der Waals surface area contributed by atoms with Gasteiger partial charge in [0.15, 0.2) is 5.69 Å². The van der Waals surface area contributed by atoms with Gasteiger partial charge in [-0.15, -0.1) is 0 Å². The molecule has 2 rings (SSSR count). The van der Waals surface area contributed by atoms with Crippen LogP contribution in [0.1, 0.15) is 10.5 Å². The highest BCUT2D eigenvalue weighted by Crippen LogP contribution is 2.22. The Morgan fingerprint density at radius 2 is 2.00 bits per heavy atom. The highest BCUT2D eigenvalue weighted by molar-refractivity contribution is 6.35. The second-order valence-electron chi connectivity index (χ2n) is 2.80. The minimum atomic E-state index is -1.13. The van der Waals surface area contributed by atoms with E-state index in [0.29, 0.717) is 11.0 Å². The topological polar surface area (TPSA) is 63.1 Å². The van der Waals surface area contributed by atoms with Crippen molar-refractivity contribution in [2.75, 3.05) is 0 Å². The molecule has 1 N–H and O–H groups in total. The van der Waals surface area contributed by atoms with Crippen LogP contribution in [0, 0.1) is 0 Å². The number of rotatable bonds is 1. The van der Waals surface area contributed by atoms with E-state index in [1.54, 1.807) is 6.07 Å². The minimum absolute atomic E-state index is 0.114. The fourth-order valence-electron chi connectivity index (χ4n) is 1.15.